The Morgan fingerprint density at radius 1 is 1.31 bits per heavy atom. The van der Waals surface area contributed by atoms with Crippen LogP contribution in [0.5, 0.6) is 0 Å². The van der Waals surface area contributed by atoms with E-state index in [4.69, 9.17) is 13.6 Å². The van der Waals surface area contributed by atoms with Crippen LogP contribution in [-0.4, -0.2) is 13.7 Å². The molecule has 16 heavy (non-hydrogen) atoms. The lowest BCUT2D eigenvalue weighted by Gasteiger charge is -2.40. The minimum atomic E-state index is -1.19. The van der Waals surface area contributed by atoms with E-state index >= 15 is 0 Å². The maximum absolute atomic E-state index is 5.86. The molecule has 0 bridgehead atoms. The van der Waals surface area contributed by atoms with Crippen LogP contribution in [0.25, 0.3) is 0 Å². The molecule has 88 valence electrons. The second-order valence-electron chi connectivity index (χ2n) is 4.56. The van der Waals surface area contributed by atoms with E-state index < -0.39 is 8.60 Å². The molecule has 3 nitrogen and oxygen atoms in total. The van der Waals surface area contributed by atoms with Gasteiger partial charge in [-0.2, -0.15) is 0 Å². The summed E-state index contributed by atoms with van der Waals surface area (Å²) in [4.78, 5) is 0. The second kappa shape index (κ2) is 4.80. The summed E-state index contributed by atoms with van der Waals surface area (Å²) in [6, 6.07) is 10.2. The fraction of sp³-hybridized carbons (Fsp3) is 0.500. The lowest BCUT2D eigenvalue weighted by molar-refractivity contribution is -0.0317. The molecule has 2 rings (SSSR count). The third-order valence-electron chi connectivity index (χ3n) is 2.69. The predicted octanol–water partition coefficient (Wildman–Crippen LogP) is 3.67. The van der Waals surface area contributed by atoms with Gasteiger partial charge in [-0.05, 0) is 5.56 Å². The molecule has 0 saturated carbocycles. The highest BCUT2D eigenvalue weighted by atomic mass is 31.2. The lowest BCUT2D eigenvalue weighted by Crippen LogP contribution is -2.32. The first kappa shape index (κ1) is 12.0. The van der Waals surface area contributed by atoms with Gasteiger partial charge in [-0.25, -0.2) is 0 Å². The minimum absolute atomic E-state index is 0.0291. The summed E-state index contributed by atoms with van der Waals surface area (Å²) in [6.45, 7) is 4.95. The van der Waals surface area contributed by atoms with Crippen molar-refractivity contribution >= 4 is 8.60 Å². The highest BCUT2D eigenvalue weighted by Gasteiger charge is 2.40. The van der Waals surface area contributed by atoms with Gasteiger partial charge in [0.15, 0.2) is 0 Å². The highest BCUT2D eigenvalue weighted by molar-refractivity contribution is 7.41. The Kier molecular flexibility index (Phi) is 3.60. The summed E-state index contributed by atoms with van der Waals surface area (Å²) in [5.74, 6) is 0. The zero-order chi connectivity index (χ0) is 11.6. The molecular weight excluding hydrogens is 223 g/mol. The molecule has 0 aliphatic carbocycles. The quantitative estimate of drug-likeness (QED) is 0.738. The van der Waals surface area contributed by atoms with Crippen molar-refractivity contribution in [2.24, 2.45) is 5.41 Å². The van der Waals surface area contributed by atoms with E-state index in [1.165, 1.54) is 5.56 Å². The van der Waals surface area contributed by atoms with Crippen LogP contribution in [0.3, 0.4) is 0 Å². The summed E-state index contributed by atoms with van der Waals surface area (Å²) in [7, 11) is 0.426. The van der Waals surface area contributed by atoms with Gasteiger partial charge in [0.05, 0.1) is 12.7 Å². The summed E-state index contributed by atoms with van der Waals surface area (Å²) in [6.07, 6.45) is 0.0357. The number of hydrogen-bond acceptors (Lipinski definition) is 3. The van der Waals surface area contributed by atoms with Gasteiger partial charge in [0.2, 0.25) is 0 Å². The molecule has 0 radical (unpaired) electrons. The van der Waals surface area contributed by atoms with E-state index in [1.54, 1.807) is 7.11 Å². The zero-order valence-corrected chi connectivity index (χ0v) is 10.7. The van der Waals surface area contributed by atoms with Crippen molar-refractivity contribution in [3.05, 3.63) is 35.9 Å². The van der Waals surface area contributed by atoms with Crippen LogP contribution in [0.15, 0.2) is 30.3 Å². The van der Waals surface area contributed by atoms with Crippen molar-refractivity contribution in [1.82, 2.24) is 0 Å². The molecule has 0 unspecified atom stereocenters. The van der Waals surface area contributed by atoms with Crippen molar-refractivity contribution in [1.29, 1.82) is 0 Å². The van der Waals surface area contributed by atoms with Crippen LogP contribution in [0.1, 0.15) is 25.5 Å². The number of benzene rings is 1. The maximum Gasteiger partial charge on any atom is 0.333 e. The molecule has 1 aliphatic heterocycles. The van der Waals surface area contributed by atoms with Gasteiger partial charge in [0.1, 0.15) is 0 Å². The highest BCUT2D eigenvalue weighted by Crippen LogP contribution is 2.55. The third kappa shape index (κ3) is 2.44. The Hall–Kier alpha value is -0.470. The van der Waals surface area contributed by atoms with Gasteiger partial charge in [0.25, 0.3) is 0 Å². The summed E-state index contributed by atoms with van der Waals surface area (Å²) in [5, 5.41) is 0. The fourth-order valence-electron chi connectivity index (χ4n) is 1.79. The molecular formula is C12H17O3P. The standard InChI is InChI=1S/C12H17O3P/c1-12(2)9-14-16(13-3)15-11(12)10-7-5-4-6-8-10/h4-8,11H,9H2,1-3H3/t11-,16-/m1/s1. The average Bonchev–Trinajstić information content (AvgIpc) is 2.30. The smallest absolute Gasteiger partial charge is 0.316 e. The molecule has 1 heterocycles. The van der Waals surface area contributed by atoms with Gasteiger partial charge < -0.3 is 13.6 Å². The van der Waals surface area contributed by atoms with Gasteiger partial charge >= 0.3 is 8.60 Å². The van der Waals surface area contributed by atoms with Gasteiger partial charge in [-0.3, -0.25) is 0 Å². The van der Waals surface area contributed by atoms with Crippen molar-refractivity contribution in [2.45, 2.75) is 20.0 Å². The Morgan fingerprint density at radius 2 is 2.00 bits per heavy atom. The Balaban J connectivity index is 2.22. The van der Waals surface area contributed by atoms with E-state index in [9.17, 15) is 0 Å². The van der Waals surface area contributed by atoms with E-state index in [1.807, 2.05) is 18.2 Å². The van der Waals surface area contributed by atoms with Crippen molar-refractivity contribution in [3.8, 4) is 0 Å². The van der Waals surface area contributed by atoms with Crippen molar-refractivity contribution < 1.29 is 13.6 Å². The van der Waals surface area contributed by atoms with E-state index in [0.717, 1.165) is 0 Å². The Morgan fingerprint density at radius 3 is 2.62 bits per heavy atom. The molecule has 0 spiro atoms. The minimum Gasteiger partial charge on any atom is -0.316 e. The largest absolute Gasteiger partial charge is 0.333 e. The van der Waals surface area contributed by atoms with Crippen molar-refractivity contribution in [2.75, 3.05) is 13.7 Å². The van der Waals surface area contributed by atoms with Crippen LogP contribution in [0.2, 0.25) is 0 Å². The van der Waals surface area contributed by atoms with Crippen LogP contribution in [0.4, 0.5) is 0 Å². The number of hydrogen-bond donors (Lipinski definition) is 0. The molecule has 0 aromatic heterocycles. The van der Waals surface area contributed by atoms with Crippen molar-refractivity contribution in [3.63, 3.8) is 0 Å². The van der Waals surface area contributed by atoms with E-state index in [2.05, 4.69) is 26.0 Å². The molecule has 2 atom stereocenters. The normalized spacial score (nSPS) is 28.9. The second-order valence-corrected chi connectivity index (χ2v) is 5.85. The molecule has 1 fully saturated rings. The van der Waals surface area contributed by atoms with Crippen LogP contribution in [-0.2, 0) is 13.6 Å². The molecule has 1 aromatic carbocycles. The fourth-order valence-corrected chi connectivity index (χ4v) is 3.06. The van der Waals surface area contributed by atoms with Gasteiger partial charge in [-0.15, -0.1) is 0 Å². The Bertz CT molecular complexity index is 339. The molecule has 1 aliphatic rings. The maximum atomic E-state index is 5.86. The van der Waals surface area contributed by atoms with Gasteiger partial charge in [0, 0.05) is 12.5 Å². The summed E-state index contributed by atoms with van der Waals surface area (Å²) in [5.41, 5.74) is 1.15. The topological polar surface area (TPSA) is 27.7 Å². The summed E-state index contributed by atoms with van der Waals surface area (Å²) >= 11 is 0. The predicted molar refractivity (Wildman–Crippen MR) is 63.9 cm³/mol. The number of rotatable bonds is 2. The first-order valence-electron chi connectivity index (χ1n) is 5.32. The van der Waals surface area contributed by atoms with E-state index in [-0.39, 0.29) is 11.5 Å². The average molecular weight is 240 g/mol. The molecule has 0 amide bonds. The SMILES string of the molecule is CO[P@]1OCC(C)(C)[C@@H](c2ccccc2)O1. The monoisotopic (exact) mass is 240 g/mol. The van der Waals surface area contributed by atoms with Crippen LogP contribution < -0.4 is 0 Å². The third-order valence-corrected chi connectivity index (χ3v) is 3.72. The van der Waals surface area contributed by atoms with E-state index in [0.29, 0.717) is 6.61 Å². The first-order valence-corrected chi connectivity index (χ1v) is 6.42. The summed E-state index contributed by atoms with van der Waals surface area (Å²) < 4.78 is 16.5. The van der Waals surface area contributed by atoms with Crippen LogP contribution in [0, 0.1) is 5.41 Å². The molecule has 1 aromatic rings. The molecule has 4 heteroatoms. The first-order chi connectivity index (χ1) is 7.63. The van der Waals surface area contributed by atoms with Gasteiger partial charge in [-0.1, -0.05) is 44.2 Å². The Labute approximate surface area is 97.7 Å². The molecule has 0 N–H and O–H groups in total. The zero-order valence-electron chi connectivity index (χ0n) is 9.84. The molecule has 1 saturated heterocycles. The lowest BCUT2D eigenvalue weighted by atomic mass is 9.83. The van der Waals surface area contributed by atoms with Crippen LogP contribution >= 0.6 is 8.60 Å².